The summed E-state index contributed by atoms with van der Waals surface area (Å²) in [5.41, 5.74) is 2.08. The zero-order valence-electron chi connectivity index (χ0n) is 8.95. The smallest absolute Gasteiger partial charge is 0.248 e. The molecule has 6 heteroatoms. The number of nitrogens with one attached hydrogen (secondary N) is 2. The summed E-state index contributed by atoms with van der Waals surface area (Å²) >= 11 is 0. The summed E-state index contributed by atoms with van der Waals surface area (Å²) in [6.07, 6.45) is 2.85. The number of nitrogens with two attached hydrogens (primary N) is 1. The molecule has 0 saturated carbocycles. The van der Waals surface area contributed by atoms with Gasteiger partial charge in [-0.25, -0.2) is 5.84 Å². The van der Waals surface area contributed by atoms with Crippen molar-refractivity contribution in [1.29, 1.82) is 0 Å². The molecule has 1 rings (SSSR count). The van der Waals surface area contributed by atoms with Crippen molar-refractivity contribution in [1.82, 2.24) is 15.6 Å². The molecule has 0 aromatic heterocycles. The Morgan fingerprint density at radius 3 is 2.80 bits per heavy atom. The van der Waals surface area contributed by atoms with E-state index in [1.54, 1.807) is 7.05 Å². The topological polar surface area (TPSA) is 87.5 Å². The molecule has 0 bridgehead atoms. The second-order valence-electron chi connectivity index (χ2n) is 3.66. The lowest BCUT2D eigenvalue weighted by Crippen LogP contribution is -2.52. The molecule has 0 radical (unpaired) electrons. The molecule has 1 aliphatic heterocycles. The number of carbonyl (C=O) groups excluding carboxylic acids is 2. The molecule has 15 heavy (non-hydrogen) atoms. The van der Waals surface area contributed by atoms with Crippen molar-refractivity contribution in [3.63, 3.8) is 0 Å². The number of hydrogen-bond donors (Lipinski definition) is 3. The van der Waals surface area contributed by atoms with E-state index >= 15 is 0 Å². The number of likely N-dealkylation sites (tertiary alicyclic amines) is 1. The van der Waals surface area contributed by atoms with Crippen LogP contribution in [0.5, 0.6) is 0 Å². The van der Waals surface area contributed by atoms with E-state index in [4.69, 9.17) is 5.84 Å². The highest BCUT2D eigenvalue weighted by molar-refractivity contribution is 5.83. The first kappa shape index (κ1) is 11.9. The number of likely N-dealkylation sites (N-methyl/N-ethyl adjacent to an activating group) is 1. The number of amides is 2. The van der Waals surface area contributed by atoms with Crippen molar-refractivity contribution in [2.45, 2.75) is 25.3 Å². The van der Waals surface area contributed by atoms with Gasteiger partial charge in [0.05, 0.1) is 12.6 Å². The first-order chi connectivity index (χ1) is 7.19. The van der Waals surface area contributed by atoms with Gasteiger partial charge in [-0.15, -0.1) is 0 Å². The van der Waals surface area contributed by atoms with Crippen LogP contribution in [0.2, 0.25) is 0 Å². The Bertz CT molecular complexity index is 244. The number of hydrazine groups is 1. The predicted molar refractivity (Wildman–Crippen MR) is 55.6 cm³/mol. The SMILES string of the molecule is CNC(=O)C1CCCCN1CC(=O)NN. The van der Waals surface area contributed by atoms with E-state index in [1.807, 2.05) is 4.90 Å². The van der Waals surface area contributed by atoms with Gasteiger partial charge in [-0.3, -0.25) is 19.9 Å². The van der Waals surface area contributed by atoms with Crippen LogP contribution in [0, 0.1) is 0 Å². The lowest BCUT2D eigenvalue weighted by Gasteiger charge is -2.33. The van der Waals surface area contributed by atoms with E-state index in [9.17, 15) is 9.59 Å². The maximum atomic E-state index is 11.5. The molecule has 2 amide bonds. The highest BCUT2D eigenvalue weighted by atomic mass is 16.2. The molecule has 0 aromatic carbocycles. The molecule has 0 aliphatic carbocycles. The summed E-state index contributed by atoms with van der Waals surface area (Å²) in [6.45, 7) is 0.958. The molecule has 6 nitrogen and oxygen atoms in total. The van der Waals surface area contributed by atoms with Crippen molar-refractivity contribution in [3.8, 4) is 0 Å². The van der Waals surface area contributed by atoms with Gasteiger partial charge in [0.25, 0.3) is 0 Å². The fourth-order valence-electron chi connectivity index (χ4n) is 1.87. The van der Waals surface area contributed by atoms with Gasteiger partial charge in [0.2, 0.25) is 11.8 Å². The quantitative estimate of drug-likeness (QED) is 0.305. The van der Waals surface area contributed by atoms with Crippen molar-refractivity contribution in [2.24, 2.45) is 5.84 Å². The normalized spacial score (nSPS) is 22.1. The molecule has 1 fully saturated rings. The van der Waals surface area contributed by atoms with Gasteiger partial charge < -0.3 is 5.32 Å². The minimum Gasteiger partial charge on any atom is -0.358 e. The van der Waals surface area contributed by atoms with Crippen molar-refractivity contribution in [3.05, 3.63) is 0 Å². The Balaban J connectivity index is 2.57. The van der Waals surface area contributed by atoms with Gasteiger partial charge in [0.15, 0.2) is 0 Å². The van der Waals surface area contributed by atoms with Crippen molar-refractivity contribution < 1.29 is 9.59 Å². The second-order valence-corrected chi connectivity index (χ2v) is 3.66. The zero-order chi connectivity index (χ0) is 11.3. The summed E-state index contributed by atoms with van der Waals surface area (Å²) in [6, 6.07) is -0.193. The van der Waals surface area contributed by atoms with E-state index in [0.29, 0.717) is 0 Å². The first-order valence-electron chi connectivity index (χ1n) is 5.14. The average Bonchev–Trinajstić information content (AvgIpc) is 2.28. The molecule has 0 aromatic rings. The van der Waals surface area contributed by atoms with Crippen molar-refractivity contribution >= 4 is 11.8 Å². The van der Waals surface area contributed by atoms with E-state index in [-0.39, 0.29) is 24.4 Å². The monoisotopic (exact) mass is 214 g/mol. The lowest BCUT2D eigenvalue weighted by atomic mass is 10.0. The first-order valence-corrected chi connectivity index (χ1v) is 5.14. The summed E-state index contributed by atoms with van der Waals surface area (Å²) in [5, 5.41) is 2.61. The summed E-state index contributed by atoms with van der Waals surface area (Å²) < 4.78 is 0. The Morgan fingerprint density at radius 2 is 2.20 bits per heavy atom. The number of piperidine rings is 1. The fraction of sp³-hybridized carbons (Fsp3) is 0.778. The predicted octanol–water partition coefficient (Wildman–Crippen LogP) is -1.42. The highest BCUT2D eigenvalue weighted by Crippen LogP contribution is 2.16. The molecular weight excluding hydrogens is 196 g/mol. The van der Waals surface area contributed by atoms with Gasteiger partial charge >= 0.3 is 0 Å². The maximum Gasteiger partial charge on any atom is 0.248 e. The summed E-state index contributed by atoms with van der Waals surface area (Å²) in [7, 11) is 1.61. The summed E-state index contributed by atoms with van der Waals surface area (Å²) in [4.78, 5) is 24.5. The molecule has 1 atom stereocenters. The van der Waals surface area contributed by atoms with Crippen LogP contribution in [0.1, 0.15) is 19.3 Å². The zero-order valence-corrected chi connectivity index (χ0v) is 8.95. The van der Waals surface area contributed by atoms with Crippen LogP contribution >= 0.6 is 0 Å². The highest BCUT2D eigenvalue weighted by Gasteiger charge is 2.28. The third-order valence-corrected chi connectivity index (χ3v) is 2.67. The number of hydrogen-bond acceptors (Lipinski definition) is 4. The van der Waals surface area contributed by atoms with Crippen LogP contribution in [-0.2, 0) is 9.59 Å². The molecule has 1 aliphatic rings. The third kappa shape index (κ3) is 3.17. The summed E-state index contributed by atoms with van der Waals surface area (Å²) in [5.74, 6) is 4.73. The van der Waals surface area contributed by atoms with E-state index in [1.165, 1.54) is 0 Å². The molecule has 1 unspecified atom stereocenters. The number of nitrogens with zero attached hydrogens (tertiary/aromatic N) is 1. The van der Waals surface area contributed by atoms with Gasteiger partial charge in [-0.05, 0) is 19.4 Å². The number of carbonyl (C=O) groups is 2. The Labute approximate surface area is 89.1 Å². The molecule has 0 spiro atoms. The molecule has 86 valence electrons. The van der Waals surface area contributed by atoms with Crippen LogP contribution < -0.4 is 16.6 Å². The van der Waals surface area contributed by atoms with Crippen LogP contribution in [0.4, 0.5) is 0 Å². The van der Waals surface area contributed by atoms with Gasteiger partial charge in [-0.2, -0.15) is 0 Å². The Hall–Kier alpha value is -1.14. The lowest BCUT2D eigenvalue weighted by molar-refractivity contribution is -0.129. The van der Waals surface area contributed by atoms with E-state index in [0.717, 1.165) is 25.8 Å². The second kappa shape index (κ2) is 5.67. The number of rotatable bonds is 3. The molecular formula is C9H18N4O2. The molecule has 4 N–H and O–H groups in total. The van der Waals surface area contributed by atoms with E-state index < -0.39 is 0 Å². The maximum absolute atomic E-state index is 11.5. The minimum atomic E-state index is -0.259. The molecule has 1 heterocycles. The van der Waals surface area contributed by atoms with Crippen LogP contribution in [0.3, 0.4) is 0 Å². The van der Waals surface area contributed by atoms with Gasteiger partial charge in [0, 0.05) is 7.05 Å². The van der Waals surface area contributed by atoms with Crippen LogP contribution in [0.25, 0.3) is 0 Å². The minimum absolute atomic E-state index is 0.0282. The standard InChI is InChI=1S/C9H18N4O2/c1-11-9(15)7-4-2-3-5-13(7)6-8(14)12-10/h7H,2-6,10H2,1H3,(H,11,15)(H,12,14). The van der Waals surface area contributed by atoms with Gasteiger partial charge in [0.1, 0.15) is 0 Å². The Kier molecular flexibility index (Phi) is 4.51. The molecule has 1 saturated heterocycles. The fourth-order valence-corrected chi connectivity index (χ4v) is 1.87. The van der Waals surface area contributed by atoms with Crippen LogP contribution in [-0.4, -0.2) is 42.9 Å². The van der Waals surface area contributed by atoms with E-state index in [2.05, 4.69) is 10.7 Å². The van der Waals surface area contributed by atoms with Crippen LogP contribution in [0.15, 0.2) is 0 Å². The Morgan fingerprint density at radius 1 is 1.47 bits per heavy atom. The third-order valence-electron chi connectivity index (χ3n) is 2.67. The largest absolute Gasteiger partial charge is 0.358 e. The average molecular weight is 214 g/mol. The van der Waals surface area contributed by atoms with Gasteiger partial charge in [-0.1, -0.05) is 6.42 Å². The van der Waals surface area contributed by atoms with Crippen molar-refractivity contribution in [2.75, 3.05) is 20.1 Å².